The number of imide groups is 1. The molecule has 0 bridgehead atoms. The van der Waals surface area contributed by atoms with Crippen LogP contribution in [-0.4, -0.2) is 41.1 Å². The number of fused-ring (bicyclic) bond motifs is 1. The van der Waals surface area contributed by atoms with Crippen LogP contribution in [0.2, 0.25) is 0 Å². The normalized spacial score (nSPS) is 12.1. The molecule has 0 fully saturated rings. The van der Waals surface area contributed by atoms with Crippen molar-refractivity contribution in [3.63, 3.8) is 0 Å². The summed E-state index contributed by atoms with van der Waals surface area (Å²) in [5.74, 6) is 0.786. The quantitative estimate of drug-likeness (QED) is 0.463. The molecule has 3 N–H and O–H groups in total. The third-order valence-electron chi connectivity index (χ3n) is 4.07. The molecule has 0 spiro atoms. The Kier molecular flexibility index (Phi) is 6.85. The Morgan fingerprint density at radius 1 is 1.03 bits per heavy atom. The molecule has 1 aromatic heterocycles. The van der Waals surface area contributed by atoms with Crippen molar-refractivity contribution in [2.75, 3.05) is 29.6 Å². The van der Waals surface area contributed by atoms with E-state index >= 15 is 0 Å². The van der Waals surface area contributed by atoms with E-state index in [2.05, 4.69) is 26.1 Å². The first-order valence-electron chi connectivity index (χ1n) is 9.40. The van der Waals surface area contributed by atoms with Crippen LogP contribution in [-0.2, 0) is 11.3 Å². The number of urea groups is 1. The fourth-order valence-electron chi connectivity index (χ4n) is 2.69. The van der Waals surface area contributed by atoms with E-state index in [9.17, 15) is 9.59 Å². The molecule has 0 radical (unpaired) electrons. The van der Waals surface area contributed by atoms with Gasteiger partial charge in [-0.05, 0) is 17.7 Å². The van der Waals surface area contributed by atoms with Gasteiger partial charge in [0.1, 0.15) is 13.2 Å². The Hall–Kier alpha value is -3.31. The van der Waals surface area contributed by atoms with Gasteiger partial charge in [0.2, 0.25) is 11.0 Å². The average molecular weight is 458 g/mol. The summed E-state index contributed by atoms with van der Waals surface area (Å²) in [6.07, 6.45) is 0. The summed E-state index contributed by atoms with van der Waals surface area (Å²) in [6, 6.07) is 14.4. The number of nitrogens with one attached hydrogen (secondary N) is 3. The summed E-state index contributed by atoms with van der Waals surface area (Å²) in [6.45, 7) is 1.58. The van der Waals surface area contributed by atoms with E-state index < -0.39 is 11.9 Å². The zero-order valence-electron chi connectivity index (χ0n) is 16.3. The van der Waals surface area contributed by atoms with Crippen molar-refractivity contribution in [1.82, 2.24) is 15.5 Å². The highest BCUT2D eigenvalue weighted by Crippen LogP contribution is 2.32. The SMILES string of the molecule is O=C(CSc1nnc(NCc2ccccc2)s1)NC(=O)Nc1ccc2c(c1)OCCO2. The van der Waals surface area contributed by atoms with Gasteiger partial charge >= 0.3 is 6.03 Å². The van der Waals surface area contributed by atoms with Gasteiger partial charge in [0, 0.05) is 18.3 Å². The van der Waals surface area contributed by atoms with Crippen molar-refractivity contribution < 1.29 is 19.1 Å². The summed E-state index contributed by atoms with van der Waals surface area (Å²) in [5.41, 5.74) is 1.63. The maximum absolute atomic E-state index is 12.1. The van der Waals surface area contributed by atoms with Crippen LogP contribution in [0.1, 0.15) is 5.56 Å². The third-order valence-corrected chi connectivity index (χ3v) is 6.09. The van der Waals surface area contributed by atoms with Crippen LogP contribution in [0.15, 0.2) is 52.9 Å². The molecule has 0 saturated carbocycles. The largest absolute Gasteiger partial charge is 0.486 e. The van der Waals surface area contributed by atoms with E-state index in [1.54, 1.807) is 18.2 Å². The summed E-state index contributed by atoms with van der Waals surface area (Å²) in [5, 5.41) is 16.9. The molecule has 160 valence electrons. The molecular weight excluding hydrogens is 438 g/mol. The summed E-state index contributed by atoms with van der Waals surface area (Å²) < 4.78 is 11.5. The molecule has 1 aliphatic heterocycles. The van der Waals surface area contributed by atoms with Crippen LogP contribution < -0.4 is 25.4 Å². The number of carbonyl (C=O) groups excluding carboxylic acids is 2. The van der Waals surface area contributed by atoms with Crippen molar-refractivity contribution >= 4 is 45.9 Å². The fraction of sp³-hybridized carbons (Fsp3) is 0.200. The van der Waals surface area contributed by atoms with Crippen molar-refractivity contribution in [1.29, 1.82) is 0 Å². The van der Waals surface area contributed by atoms with Crippen LogP contribution >= 0.6 is 23.1 Å². The highest BCUT2D eigenvalue weighted by Gasteiger charge is 2.14. The van der Waals surface area contributed by atoms with Crippen molar-refractivity contribution in [2.24, 2.45) is 0 Å². The van der Waals surface area contributed by atoms with Gasteiger partial charge in [-0.15, -0.1) is 10.2 Å². The highest BCUT2D eigenvalue weighted by atomic mass is 32.2. The lowest BCUT2D eigenvalue weighted by atomic mass is 10.2. The van der Waals surface area contributed by atoms with Gasteiger partial charge in [-0.25, -0.2) is 4.79 Å². The van der Waals surface area contributed by atoms with E-state index in [-0.39, 0.29) is 5.75 Å². The second kappa shape index (κ2) is 10.1. The van der Waals surface area contributed by atoms with Gasteiger partial charge in [0.15, 0.2) is 15.8 Å². The van der Waals surface area contributed by atoms with Crippen molar-refractivity contribution in [3.05, 3.63) is 54.1 Å². The molecule has 0 aliphatic carbocycles. The second-order valence-electron chi connectivity index (χ2n) is 6.36. The highest BCUT2D eigenvalue weighted by molar-refractivity contribution is 8.01. The second-order valence-corrected chi connectivity index (χ2v) is 8.56. The maximum atomic E-state index is 12.1. The zero-order valence-corrected chi connectivity index (χ0v) is 17.9. The number of amides is 3. The maximum Gasteiger partial charge on any atom is 0.325 e. The van der Waals surface area contributed by atoms with E-state index in [1.807, 2.05) is 30.3 Å². The Bertz CT molecular complexity index is 1060. The molecule has 11 heteroatoms. The summed E-state index contributed by atoms with van der Waals surface area (Å²) >= 11 is 2.57. The molecule has 2 heterocycles. The molecule has 3 aromatic rings. The number of aromatic nitrogens is 2. The predicted molar refractivity (Wildman–Crippen MR) is 119 cm³/mol. The van der Waals surface area contributed by atoms with Crippen LogP contribution in [0.5, 0.6) is 11.5 Å². The number of ether oxygens (including phenoxy) is 2. The Balaban J connectivity index is 1.20. The molecule has 0 saturated heterocycles. The van der Waals surface area contributed by atoms with E-state index in [4.69, 9.17) is 9.47 Å². The molecule has 1 aliphatic rings. The molecule has 4 rings (SSSR count). The molecular formula is C20H19N5O4S2. The monoisotopic (exact) mass is 457 g/mol. The first-order chi connectivity index (χ1) is 15.2. The smallest absolute Gasteiger partial charge is 0.325 e. The summed E-state index contributed by atoms with van der Waals surface area (Å²) in [7, 11) is 0. The number of thioether (sulfide) groups is 1. The van der Waals surface area contributed by atoms with Crippen molar-refractivity contribution in [3.8, 4) is 11.5 Å². The average Bonchev–Trinajstić information content (AvgIpc) is 3.25. The number of nitrogens with zero attached hydrogens (tertiary/aromatic N) is 2. The number of rotatable bonds is 7. The third kappa shape index (κ3) is 6.09. The minimum Gasteiger partial charge on any atom is -0.486 e. The Labute approximate surface area is 186 Å². The number of benzene rings is 2. The number of hydrogen-bond acceptors (Lipinski definition) is 9. The van der Waals surface area contributed by atoms with Crippen LogP contribution in [0, 0.1) is 0 Å². The van der Waals surface area contributed by atoms with Gasteiger partial charge < -0.3 is 20.1 Å². The van der Waals surface area contributed by atoms with Crippen molar-refractivity contribution in [2.45, 2.75) is 10.9 Å². The van der Waals surface area contributed by atoms with Crippen LogP contribution in [0.4, 0.5) is 15.6 Å². The van der Waals surface area contributed by atoms with Crippen LogP contribution in [0.3, 0.4) is 0 Å². The first-order valence-corrected chi connectivity index (χ1v) is 11.2. The van der Waals surface area contributed by atoms with E-state index in [1.165, 1.54) is 23.1 Å². The van der Waals surface area contributed by atoms with E-state index in [0.29, 0.717) is 46.4 Å². The molecule has 9 nitrogen and oxygen atoms in total. The molecule has 0 atom stereocenters. The number of anilines is 2. The van der Waals surface area contributed by atoms with E-state index in [0.717, 1.165) is 5.56 Å². The minimum absolute atomic E-state index is 0.0435. The zero-order chi connectivity index (χ0) is 21.5. The fourth-order valence-corrected chi connectivity index (χ4v) is 4.23. The minimum atomic E-state index is -0.621. The molecule has 0 unspecified atom stereocenters. The van der Waals surface area contributed by atoms with Gasteiger partial charge in [0.05, 0.1) is 5.75 Å². The lowest BCUT2D eigenvalue weighted by Gasteiger charge is -2.19. The predicted octanol–water partition coefficient (Wildman–Crippen LogP) is 3.36. The van der Waals surface area contributed by atoms with Gasteiger partial charge in [0.25, 0.3) is 0 Å². The molecule has 2 aromatic carbocycles. The Morgan fingerprint density at radius 3 is 2.68 bits per heavy atom. The lowest BCUT2D eigenvalue weighted by molar-refractivity contribution is -0.117. The number of hydrogen-bond donors (Lipinski definition) is 3. The topological polar surface area (TPSA) is 114 Å². The summed E-state index contributed by atoms with van der Waals surface area (Å²) in [4.78, 5) is 24.1. The first kappa shape index (κ1) is 20.9. The molecule has 31 heavy (non-hydrogen) atoms. The standard InChI is InChI=1S/C20H19N5O4S2/c26-17(23-18(27)22-14-6-7-15-16(10-14)29-9-8-28-15)12-30-20-25-24-19(31-20)21-11-13-4-2-1-3-5-13/h1-7,10H,8-9,11-12H2,(H,21,24)(H2,22,23,26,27). The van der Waals surface area contributed by atoms with Gasteiger partial charge in [-0.3, -0.25) is 10.1 Å². The van der Waals surface area contributed by atoms with Crippen LogP contribution in [0.25, 0.3) is 0 Å². The number of carbonyl (C=O) groups is 2. The molecule has 3 amide bonds. The lowest BCUT2D eigenvalue weighted by Crippen LogP contribution is -2.35. The van der Waals surface area contributed by atoms with Gasteiger partial charge in [-0.2, -0.15) is 0 Å². The van der Waals surface area contributed by atoms with Gasteiger partial charge in [-0.1, -0.05) is 53.4 Å². The Morgan fingerprint density at radius 2 is 1.84 bits per heavy atom.